The highest BCUT2D eigenvalue weighted by atomic mass is 31.2. The summed E-state index contributed by atoms with van der Waals surface area (Å²) in [5, 5.41) is 0. The lowest BCUT2D eigenvalue weighted by Crippen LogP contribution is -2.37. The number of nitrogens with zero attached hydrogens (tertiary/aromatic N) is 1. The van der Waals surface area contributed by atoms with Gasteiger partial charge in [0.25, 0.3) is 0 Å². The Bertz CT molecular complexity index is 470. The molecule has 1 unspecified atom stereocenters. The summed E-state index contributed by atoms with van der Waals surface area (Å²) >= 11 is 0. The van der Waals surface area contributed by atoms with Gasteiger partial charge in [0.15, 0.2) is 0 Å². The maximum absolute atomic E-state index is 11.8. The van der Waals surface area contributed by atoms with Gasteiger partial charge in [0.05, 0.1) is 27.7 Å². The van der Waals surface area contributed by atoms with Gasteiger partial charge in [0.1, 0.15) is 13.2 Å². The number of rotatable bonds is 17. The largest absolute Gasteiger partial charge is 0.472 e. The zero-order valence-corrected chi connectivity index (χ0v) is 20.2. The van der Waals surface area contributed by atoms with Crippen LogP contribution in [0, 0.1) is 5.92 Å². The second-order valence-electron chi connectivity index (χ2n) is 9.59. The highest BCUT2D eigenvalue weighted by Crippen LogP contribution is 2.43. The fourth-order valence-corrected chi connectivity index (χ4v) is 4.43. The maximum Gasteiger partial charge on any atom is 0.472 e. The summed E-state index contributed by atoms with van der Waals surface area (Å²) in [6, 6.07) is 0. The molecule has 5 nitrogen and oxygen atoms in total. The van der Waals surface area contributed by atoms with Gasteiger partial charge in [-0.05, 0) is 38.0 Å². The van der Waals surface area contributed by atoms with Gasteiger partial charge in [-0.1, -0.05) is 69.9 Å². The van der Waals surface area contributed by atoms with E-state index in [2.05, 4.69) is 12.2 Å². The van der Waals surface area contributed by atoms with Gasteiger partial charge in [-0.25, -0.2) is 4.57 Å². The van der Waals surface area contributed by atoms with Crippen molar-refractivity contribution < 1.29 is 23.0 Å². The molecule has 0 aromatic heterocycles. The number of allylic oxidation sites excluding steroid dienone is 2. The fourth-order valence-electron chi connectivity index (χ4n) is 3.69. The van der Waals surface area contributed by atoms with Gasteiger partial charge < -0.3 is 9.38 Å². The Morgan fingerprint density at radius 3 is 2.03 bits per heavy atom. The van der Waals surface area contributed by atoms with Crippen LogP contribution in [-0.2, 0) is 13.6 Å². The Morgan fingerprint density at radius 1 is 0.862 bits per heavy atom. The first kappa shape index (κ1) is 26.8. The van der Waals surface area contributed by atoms with Gasteiger partial charge in [-0.15, -0.1) is 0 Å². The number of phosphoric ester groups is 1. The molecule has 1 saturated carbocycles. The molecule has 1 rings (SSSR count). The molecule has 1 fully saturated rings. The second kappa shape index (κ2) is 15.6. The molecule has 29 heavy (non-hydrogen) atoms. The Balaban J connectivity index is 1.84. The number of quaternary nitrogens is 1. The zero-order valence-electron chi connectivity index (χ0n) is 19.3. The molecule has 0 aromatic carbocycles. The van der Waals surface area contributed by atoms with Crippen LogP contribution in [0.2, 0.25) is 0 Å². The summed E-state index contributed by atoms with van der Waals surface area (Å²) in [5.41, 5.74) is 0. The van der Waals surface area contributed by atoms with E-state index in [-0.39, 0.29) is 6.61 Å². The highest BCUT2D eigenvalue weighted by Gasteiger charge is 2.21. The molecule has 0 aromatic rings. The Kier molecular flexibility index (Phi) is 14.4. The molecule has 0 radical (unpaired) electrons. The molecule has 0 spiro atoms. The molecule has 1 aliphatic rings. The first-order chi connectivity index (χ1) is 13.8. The average Bonchev–Trinajstić information content (AvgIpc) is 2.65. The van der Waals surface area contributed by atoms with E-state index >= 15 is 0 Å². The van der Waals surface area contributed by atoms with Gasteiger partial charge in [-0.3, -0.25) is 9.05 Å². The van der Waals surface area contributed by atoms with E-state index < -0.39 is 7.82 Å². The monoisotopic (exact) mass is 432 g/mol. The van der Waals surface area contributed by atoms with E-state index in [9.17, 15) is 9.46 Å². The molecule has 6 heteroatoms. The summed E-state index contributed by atoms with van der Waals surface area (Å²) in [6.07, 6.45) is 22.8. The van der Waals surface area contributed by atoms with Crippen molar-refractivity contribution in [3.05, 3.63) is 12.2 Å². The lowest BCUT2D eigenvalue weighted by molar-refractivity contribution is -0.870. The molecule has 172 valence electrons. The molecule has 0 amide bonds. The van der Waals surface area contributed by atoms with E-state index in [0.29, 0.717) is 17.6 Å². The van der Waals surface area contributed by atoms with Crippen LogP contribution in [0.3, 0.4) is 0 Å². The topological polar surface area (TPSA) is 55.8 Å². The van der Waals surface area contributed by atoms with Crippen molar-refractivity contribution in [3.63, 3.8) is 0 Å². The van der Waals surface area contributed by atoms with E-state index in [1.165, 1.54) is 77.0 Å². The zero-order chi connectivity index (χ0) is 21.4. The molecule has 0 heterocycles. The summed E-state index contributed by atoms with van der Waals surface area (Å²) in [5.74, 6) is 0.863. The number of likely N-dealkylation sites (N-methyl/N-ethyl adjacent to an activating group) is 1. The van der Waals surface area contributed by atoms with Crippen LogP contribution in [-0.4, -0.2) is 50.3 Å². The number of hydrogen-bond acceptors (Lipinski definition) is 3. The molecule has 0 aliphatic heterocycles. The van der Waals surface area contributed by atoms with Crippen LogP contribution in [0.4, 0.5) is 0 Å². The number of phosphoric acid groups is 1. The van der Waals surface area contributed by atoms with Crippen molar-refractivity contribution in [1.82, 2.24) is 0 Å². The van der Waals surface area contributed by atoms with Crippen molar-refractivity contribution in [2.75, 3.05) is 40.9 Å². The van der Waals surface area contributed by atoms with Gasteiger partial charge in [0.2, 0.25) is 0 Å². The van der Waals surface area contributed by atoms with E-state index in [4.69, 9.17) is 9.05 Å². The van der Waals surface area contributed by atoms with Crippen LogP contribution < -0.4 is 0 Å². The molecule has 1 N–H and O–H groups in total. The molecule has 1 aliphatic carbocycles. The van der Waals surface area contributed by atoms with E-state index in [0.717, 1.165) is 18.8 Å². The van der Waals surface area contributed by atoms with E-state index in [1.807, 2.05) is 21.1 Å². The summed E-state index contributed by atoms with van der Waals surface area (Å²) in [6.45, 7) is 1.20. The number of unbranched alkanes of at least 4 members (excludes halogenated alkanes) is 8. The first-order valence-electron chi connectivity index (χ1n) is 11.9. The molecule has 0 saturated heterocycles. The van der Waals surface area contributed by atoms with Crippen molar-refractivity contribution in [3.8, 4) is 0 Å². The highest BCUT2D eigenvalue weighted by molar-refractivity contribution is 7.47. The molecule has 1 atom stereocenters. The summed E-state index contributed by atoms with van der Waals surface area (Å²) < 4.78 is 22.5. The third-order valence-corrected chi connectivity index (χ3v) is 6.61. The fraction of sp³-hybridized carbons (Fsp3) is 0.913. The van der Waals surface area contributed by atoms with Crippen molar-refractivity contribution in [2.45, 2.75) is 89.9 Å². The van der Waals surface area contributed by atoms with Crippen molar-refractivity contribution in [2.24, 2.45) is 5.92 Å². The van der Waals surface area contributed by atoms with Crippen molar-refractivity contribution in [1.29, 1.82) is 0 Å². The van der Waals surface area contributed by atoms with Crippen LogP contribution in [0.15, 0.2) is 12.2 Å². The molecular weight excluding hydrogens is 385 g/mol. The van der Waals surface area contributed by atoms with Crippen LogP contribution >= 0.6 is 7.82 Å². The quantitative estimate of drug-likeness (QED) is 0.124. The normalized spacial score (nSPS) is 18.3. The second-order valence-corrected chi connectivity index (χ2v) is 11.0. The molecule has 0 bridgehead atoms. The minimum Gasteiger partial charge on any atom is -0.329 e. The minimum absolute atomic E-state index is 0.230. The standard InChI is InChI=1S/C23H46NO4P/c1-24(2,3)20-22-28-29(25,26)27-21-16-11-9-7-5-4-6-8-10-13-17-23-18-14-12-15-19-23/h13,17,23H,4-12,14-16,18-22H2,1-3H3/p+1/b17-13+. The first-order valence-corrected chi connectivity index (χ1v) is 13.4. The third-order valence-electron chi connectivity index (χ3n) is 5.59. The van der Waals surface area contributed by atoms with Crippen LogP contribution in [0.1, 0.15) is 89.9 Å². The van der Waals surface area contributed by atoms with Crippen LogP contribution in [0.25, 0.3) is 0 Å². The third kappa shape index (κ3) is 17.2. The predicted octanol–water partition coefficient (Wildman–Crippen LogP) is 6.47. The average molecular weight is 433 g/mol. The lowest BCUT2D eigenvalue weighted by atomic mass is 9.89. The molecular formula is C23H47NO4P+. The Morgan fingerprint density at radius 2 is 1.41 bits per heavy atom. The SMILES string of the molecule is C[N+](C)(C)CCOP(=O)(O)OCCCCCCCCCC/C=C/C1CCCCC1. The Hall–Kier alpha value is -0.190. The van der Waals surface area contributed by atoms with Gasteiger partial charge >= 0.3 is 7.82 Å². The smallest absolute Gasteiger partial charge is 0.329 e. The maximum atomic E-state index is 11.8. The predicted molar refractivity (Wildman–Crippen MR) is 122 cm³/mol. The summed E-state index contributed by atoms with van der Waals surface area (Å²) in [7, 11) is 2.16. The van der Waals surface area contributed by atoms with Gasteiger partial charge in [-0.2, -0.15) is 0 Å². The minimum atomic E-state index is -3.88. The van der Waals surface area contributed by atoms with Crippen LogP contribution in [0.5, 0.6) is 0 Å². The number of hydrogen-bond donors (Lipinski definition) is 1. The van der Waals surface area contributed by atoms with Gasteiger partial charge in [0, 0.05) is 0 Å². The lowest BCUT2D eigenvalue weighted by Gasteiger charge is -2.24. The van der Waals surface area contributed by atoms with Crippen molar-refractivity contribution >= 4 is 7.82 Å². The Labute approximate surface area is 180 Å². The summed E-state index contributed by atoms with van der Waals surface area (Å²) in [4.78, 5) is 9.65. The van der Waals surface area contributed by atoms with E-state index in [1.54, 1.807) is 0 Å².